The SMILES string of the molecule is CCC(C)C(C)Nc1cc(Br)nc(C(C)C)n1. The molecule has 0 saturated heterocycles. The average molecular weight is 300 g/mol. The van der Waals surface area contributed by atoms with Gasteiger partial charge in [0.15, 0.2) is 0 Å². The molecule has 2 unspecified atom stereocenters. The predicted molar refractivity (Wildman–Crippen MR) is 76.4 cm³/mol. The van der Waals surface area contributed by atoms with Gasteiger partial charge in [0.2, 0.25) is 0 Å². The molecule has 1 N–H and O–H groups in total. The van der Waals surface area contributed by atoms with Crippen LogP contribution in [0.3, 0.4) is 0 Å². The maximum atomic E-state index is 4.54. The monoisotopic (exact) mass is 299 g/mol. The van der Waals surface area contributed by atoms with Crippen LogP contribution in [0.4, 0.5) is 5.82 Å². The Kier molecular flexibility index (Phi) is 5.37. The van der Waals surface area contributed by atoms with E-state index in [4.69, 9.17) is 0 Å². The van der Waals surface area contributed by atoms with Gasteiger partial charge in [0, 0.05) is 18.0 Å². The van der Waals surface area contributed by atoms with Crippen LogP contribution in [-0.2, 0) is 0 Å². The molecule has 0 spiro atoms. The molecule has 3 nitrogen and oxygen atoms in total. The fourth-order valence-electron chi connectivity index (χ4n) is 1.50. The number of rotatable bonds is 5. The second kappa shape index (κ2) is 6.34. The number of nitrogens with one attached hydrogen (secondary N) is 1. The lowest BCUT2D eigenvalue weighted by molar-refractivity contribution is 0.493. The molecule has 0 radical (unpaired) electrons. The molecular formula is C13H22BrN3. The zero-order valence-corrected chi connectivity index (χ0v) is 12.9. The molecule has 0 amide bonds. The van der Waals surface area contributed by atoms with E-state index >= 15 is 0 Å². The number of anilines is 1. The highest BCUT2D eigenvalue weighted by atomic mass is 79.9. The summed E-state index contributed by atoms with van der Waals surface area (Å²) >= 11 is 3.43. The Morgan fingerprint density at radius 1 is 1.24 bits per heavy atom. The number of hydrogen-bond donors (Lipinski definition) is 1. The summed E-state index contributed by atoms with van der Waals surface area (Å²) < 4.78 is 0.843. The molecule has 0 aliphatic heterocycles. The molecule has 0 aromatic carbocycles. The van der Waals surface area contributed by atoms with Crippen molar-refractivity contribution in [2.45, 2.75) is 53.0 Å². The van der Waals surface area contributed by atoms with Crippen LogP contribution < -0.4 is 5.32 Å². The zero-order valence-electron chi connectivity index (χ0n) is 11.3. The lowest BCUT2D eigenvalue weighted by Gasteiger charge is -2.21. The second-order valence-electron chi connectivity index (χ2n) is 4.91. The minimum Gasteiger partial charge on any atom is -0.367 e. The van der Waals surface area contributed by atoms with Crippen molar-refractivity contribution in [2.75, 3.05) is 5.32 Å². The van der Waals surface area contributed by atoms with Crippen LogP contribution in [0.2, 0.25) is 0 Å². The van der Waals surface area contributed by atoms with Crippen LogP contribution in [0.15, 0.2) is 10.7 Å². The number of hydrogen-bond acceptors (Lipinski definition) is 3. The van der Waals surface area contributed by atoms with E-state index in [9.17, 15) is 0 Å². The van der Waals surface area contributed by atoms with Crippen LogP contribution >= 0.6 is 15.9 Å². The Morgan fingerprint density at radius 2 is 1.88 bits per heavy atom. The lowest BCUT2D eigenvalue weighted by atomic mass is 10.0. The Bertz CT molecular complexity index is 366. The average Bonchev–Trinajstić information content (AvgIpc) is 2.26. The van der Waals surface area contributed by atoms with Gasteiger partial charge in [-0.05, 0) is 28.8 Å². The predicted octanol–water partition coefficient (Wildman–Crippen LogP) is 4.21. The summed E-state index contributed by atoms with van der Waals surface area (Å²) in [5.74, 6) is 2.75. The Hall–Kier alpha value is -0.640. The molecule has 96 valence electrons. The van der Waals surface area contributed by atoms with E-state index < -0.39 is 0 Å². The van der Waals surface area contributed by atoms with Gasteiger partial charge >= 0.3 is 0 Å². The van der Waals surface area contributed by atoms with Crippen LogP contribution in [0.25, 0.3) is 0 Å². The summed E-state index contributed by atoms with van der Waals surface area (Å²) in [6.07, 6.45) is 1.16. The van der Waals surface area contributed by atoms with Crippen LogP contribution in [0.1, 0.15) is 52.8 Å². The quantitative estimate of drug-likeness (QED) is 0.828. The smallest absolute Gasteiger partial charge is 0.134 e. The highest BCUT2D eigenvalue weighted by molar-refractivity contribution is 9.10. The first kappa shape index (κ1) is 14.4. The third-order valence-corrected chi connectivity index (χ3v) is 3.51. The largest absolute Gasteiger partial charge is 0.367 e. The van der Waals surface area contributed by atoms with Gasteiger partial charge < -0.3 is 5.32 Å². The molecule has 0 aliphatic carbocycles. The fraction of sp³-hybridized carbons (Fsp3) is 0.692. The van der Waals surface area contributed by atoms with Crippen LogP contribution in [0, 0.1) is 5.92 Å². The van der Waals surface area contributed by atoms with Gasteiger partial charge in [0.25, 0.3) is 0 Å². The molecule has 0 aliphatic rings. The van der Waals surface area contributed by atoms with E-state index in [1.54, 1.807) is 0 Å². The van der Waals surface area contributed by atoms with Crippen molar-refractivity contribution in [3.63, 3.8) is 0 Å². The molecule has 0 fully saturated rings. The molecule has 4 heteroatoms. The number of aromatic nitrogens is 2. The molecule has 1 aromatic heterocycles. The maximum absolute atomic E-state index is 4.54. The summed E-state index contributed by atoms with van der Waals surface area (Å²) in [6, 6.07) is 2.35. The van der Waals surface area contributed by atoms with Gasteiger partial charge in [-0.3, -0.25) is 0 Å². The van der Waals surface area contributed by atoms with E-state index in [-0.39, 0.29) is 0 Å². The van der Waals surface area contributed by atoms with Gasteiger partial charge in [-0.15, -0.1) is 0 Å². The third kappa shape index (κ3) is 4.26. The Labute approximate surface area is 113 Å². The van der Waals surface area contributed by atoms with Crippen molar-refractivity contribution >= 4 is 21.7 Å². The Morgan fingerprint density at radius 3 is 2.41 bits per heavy atom. The minimum atomic E-state index is 0.340. The molecule has 17 heavy (non-hydrogen) atoms. The van der Waals surface area contributed by atoms with E-state index in [2.05, 4.69) is 65.8 Å². The van der Waals surface area contributed by atoms with Gasteiger partial charge in [-0.2, -0.15) is 0 Å². The van der Waals surface area contributed by atoms with Crippen molar-refractivity contribution in [3.8, 4) is 0 Å². The molecule has 0 saturated carbocycles. The van der Waals surface area contributed by atoms with Crippen molar-refractivity contribution in [2.24, 2.45) is 5.92 Å². The number of halogens is 1. The summed E-state index contributed by atoms with van der Waals surface area (Å²) in [5.41, 5.74) is 0. The summed E-state index contributed by atoms with van der Waals surface area (Å²) in [6.45, 7) is 10.8. The first-order valence-electron chi connectivity index (χ1n) is 6.25. The molecular weight excluding hydrogens is 278 g/mol. The maximum Gasteiger partial charge on any atom is 0.134 e. The molecule has 2 atom stereocenters. The first-order chi connectivity index (χ1) is 7.93. The van der Waals surface area contributed by atoms with Crippen LogP contribution in [0.5, 0.6) is 0 Å². The minimum absolute atomic E-state index is 0.340. The topological polar surface area (TPSA) is 37.8 Å². The standard InChI is InChI=1S/C13H22BrN3/c1-6-9(4)10(5)15-12-7-11(14)16-13(17-12)8(2)3/h7-10H,6H2,1-5H3,(H,15,16,17). The van der Waals surface area contributed by atoms with E-state index in [0.29, 0.717) is 17.9 Å². The highest BCUT2D eigenvalue weighted by Gasteiger charge is 2.12. The van der Waals surface area contributed by atoms with Crippen molar-refractivity contribution in [1.29, 1.82) is 0 Å². The van der Waals surface area contributed by atoms with Crippen LogP contribution in [-0.4, -0.2) is 16.0 Å². The summed E-state index contributed by atoms with van der Waals surface area (Å²) in [5, 5.41) is 3.45. The molecule has 1 heterocycles. The van der Waals surface area contributed by atoms with Gasteiger partial charge in [0.1, 0.15) is 16.2 Å². The van der Waals surface area contributed by atoms with Gasteiger partial charge in [-0.25, -0.2) is 9.97 Å². The summed E-state index contributed by atoms with van der Waals surface area (Å²) in [7, 11) is 0. The first-order valence-corrected chi connectivity index (χ1v) is 7.04. The second-order valence-corrected chi connectivity index (χ2v) is 5.72. The molecule has 1 rings (SSSR count). The molecule has 1 aromatic rings. The molecule has 0 bridgehead atoms. The van der Waals surface area contributed by atoms with E-state index in [0.717, 1.165) is 22.7 Å². The normalized spacial score (nSPS) is 14.8. The zero-order chi connectivity index (χ0) is 13.0. The number of nitrogens with zero attached hydrogens (tertiary/aromatic N) is 2. The van der Waals surface area contributed by atoms with Crippen molar-refractivity contribution in [3.05, 3.63) is 16.5 Å². The van der Waals surface area contributed by atoms with E-state index in [1.165, 1.54) is 0 Å². The van der Waals surface area contributed by atoms with Crippen molar-refractivity contribution < 1.29 is 0 Å². The lowest BCUT2D eigenvalue weighted by Crippen LogP contribution is -2.24. The third-order valence-electron chi connectivity index (χ3n) is 3.10. The fourth-order valence-corrected chi connectivity index (χ4v) is 1.89. The Balaban J connectivity index is 2.84. The highest BCUT2D eigenvalue weighted by Crippen LogP contribution is 2.19. The van der Waals surface area contributed by atoms with Gasteiger partial charge in [-0.1, -0.05) is 34.1 Å². The summed E-state index contributed by atoms with van der Waals surface area (Å²) in [4.78, 5) is 8.91. The van der Waals surface area contributed by atoms with Crippen molar-refractivity contribution in [1.82, 2.24) is 9.97 Å². The van der Waals surface area contributed by atoms with E-state index in [1.807, 2.05) is 6.07 Å². The van der Waals surface area contributed by atoms with Gasteiger partial charge in [0.05, 0.1) is 0 Å².